The Morgan fingerprint density at radius 1 is 1.24 bits per heavy atom. The molecule has 2 heterocycles. The molecule has 130 valence electrons. The van der Waals surface area contributed by atoms with E-state index in [0.717, 1.165) is 25.0 Å². The summed E-state index contributed by atoms with van der Waals surface area (Å²) in [5, 5.41) is 9.54. The van der Waals surface area contributed by atoms with Crippen LogP contribution in [0.2, 0.25) is 0 Å². The van der Waals surface area contributed by atoms with Crippen LogP contribution in [0.3, 0.4) is 0 Å². The minimum Gasteiger partial charge on any atom is -0.468 e. The summed E-state index contributed by atoms with van der Waals surface area (Å²) in [4.78, 5) is 23.6. The molecule has 1 aromatic carbocycles. The Hall–Kier alpha value is -2.68. The monoisotopic (exact) mass is 338 g/mol. The number of benzene rings is 1. The summed E-state index contributed by atoms with van der Waals surface area (Å²) in [6.45, 7) is 6.09. The molecule has 1 fully saturated rings. The van der Waals surface area contributed by atoms with Crippen molar-refractivity contribution in [3.63, 3.8) is 0 Å². The molecule has 6 heteroatoms. The highest BCUT2D eigenvalue weighted by atomic mass is 16.5. The first-order valence-electron chi connectivity index (χ1n) is 8.52. The van der Waals surface area contributed by atoms with E-state index < -0.39 is 11.9 Å². The van der Waals surface area contributed by atoms with Crippen molar-refractivity contribution in [1.82, 2.24) is 9.97 Å². The van der Waals surface area contributed by atoms with Crippen LogP contribution in [0.1, 0.15) is 31.9 Å². The van der Waals surface area contributed by atoms with Crippen LogP contribution in [-0.2, 0) is 9.53 Å². The third-order valence-electron chi connectivity index (χ3n) is 4.59. The summed E-state index contributed by atoms with van der Waals surface area (Å²) < 4.78 is 4.81. The molecule has 0 spiro atoms. The molecule has 6 nitrogen and oxygen atoms in total. The Morgan fingerprint density at radius 3 is 2.40 bits per heavy atom. The smallest absolute Gasteiger partial charge is 0.329 e. The van der Waals surface area contributed by atoms with E-state index in [0.29, 0.717) is 28.9 Å². The number of carbonyl (C=O) groups is 1. The van der Waals surface area contributed by atoms with Gasteiger partial charge in [-0.25, -0.2) is 9.97 Å². The molecule has 0 saturated carbocycles. The quantitative estimate of drug-likeness (QED) is 0.801. The van der Waals surface area contributed by atoms with Crippen LogP contribution in [0.5, 0.6) is 0 Å². The fourth-order valence-corrected chi connectivity index (χ4v) is 3.61. The van der Waals surface area contributed by atoms with E-state index in [9.17, 15) is 10.1 Å². The highest BCUT2D eigenvalue weighted by Crippen LogP contribution is 2.32. The highest BCUT2D eigenvalue weighted by Gasteiger charge is 2.32. The van der Waals surface area contributed by atoms with Crippen molar-refractivity contribution in [2.45, 2.75) is 26.2 Å². The largest absolute Gasteiger partial charge is 0.468 e. The number of hydrogen-bond donors (Lipinski definition) is 0. The lowest BCUT2D eigenvalue weighted by atomic mass is 9.91. The average molecular weight is 338 g/mol. The molecule has 1 saturated heterocycles. The molecule has 0 aliphatic carbocycles. The lowest BCUT2D eigenvalue weighted by molar-refractivity contribution is -0.141. The van der Waals surface area contributed by atoms with Crippen LogP contribution in [0.25, 0.3) is 11.0 Å². The maximum atomic E-state index is 12.1. The number of ether oxygens (including phenoxy) is 1. The average Bonchev–Trinajstić information content (AvgIpc) is 2.60. The number of fused-ring (bicyclic) bond motifs is 1. The van der Waals surface area contributed by atoms with Gasteiger partial charge in [0.2, 0.25) is 0 Å². The number of aromatic nitrogens is 2. The minimum absolute atomic E-state index is 0.384. The maximum absolute atomic E-state index is 12.1. The van der Waals surface area contributed by atoms with Crippen molar-refractivity contribution in [2.75, 3.05) is 25.1 Å². The first-order chi connectivity index (χ1) is 12.0. The van der Waals surface area contributed by atoms with Crippen molar-refractivity contribution in [1.29, 1.82) is 5.26 Å². The minimum atomic E-state index is -1.08. The maximum Gasteiger partial charge on any atom is 0.329 e. The SMILES string of the molecule is COC(=O)[C@@H](C#N)c1nc2ccccc2nc1N1C[C@H](C)C[C@H](C)C1. The van der Waals surface area contributed by atoms with Gasteiger partial charge in [0, 0.05) is 13.1 Å². The summed E-state index contributed by atoms with van der Waals surface area (Å²) >= 11 is 0. The van der Waals surface area contributed by atoms with E-state index in [1.807, 2.05) is 30.3 Å². The Kier molecular flexibility index (Phi) is 4.84. The molecule has 2 aromatic rings. The summed E-state index contributed by atoms with van der Waals surface area (Å²) in [5.41, 5.74) is 1.81. The Balaban J connectivity index is 2.15. The molecule has 3 atom stereocenters. The zero-order valence-electron chi connectivity index (χ0n) is 14.8. The van der Waals surface area contributed by atoms with E-state index in [2.05, 4.69) is 23.7 Å². The lowest BCUT2D eigenvalue weighted by Gasteiger charge is -2.36. The van der Waals surface area contributed by atoms with Crippen molar-refractivity contribution in [3.05, 3.63) is 30.0 Å². The summed E-state index contributed by atoms with van der Waals surface area (Å²) in [6, 6.07) is 9.54. The van der Waals surface area contributed by atoms with Crippen LogP contribution in [0.15, 0.2) is 24.3 Å². The molecule has 0 N–H and O–H groups in total. The first-order valence-corrected chi connectivity index (χ1v) is 8.52. The summed E-state index contributed by atoms with van der Waals surface area (Å²) in [5.74, 6) is -0.0304. The molecule has 1 aromatic heterocycles. The zero-order valence-corrected chi connectivity index (χ0v) is 14.8. The lowest BCUT2D eigenvalue weighted by Crippen LogP contribution is -2.40. The first kappa shape index (κ1) is 17.2. The molecular weight excluding hydrogens is 316 g/mol. The number of esters is 1. The number of rotatable bonds is 3. The molecule has 1 aliphatic heterocycles. The summed E-state index contributed by atoms with van der Waals surface area (Å²) in [7, 11) is 1.28. The third kappa shape index (κ3) is 3.41. The fourth-order valence-electron chi connectivity index (χ4n) is 3.61. The molecule has 0 bridgehead atoms. The van der Waals surface area contributed by atoms with E-state index in [-0.39, 0.29) is 0 Å². The highest BCUT2D eigenvalue weighted by molar-refractivity contribution is 5.85. The Bertz CT molecular complexity index is 820. The number of para-hydroxylation sites is 2. The molecule has 0 unspecified atom stereocenters. The van der Waals surface area contributed by atoms with Gasteiger partial charge in [0.05, 0.1) is 24.2 Å². The van der Waals surface area contributed by atoms with Gasteiger partial charge in [0.1, 0.15) is 5.69 Å². The predicted octanol–water partition coefficient (Wildman–Crippen LogP) is 2.89. The number of hydrogen-bond acceptors (Lipinski definition) is 6. The van der Waals surface area contributed by atoms with Gasteiger partial charge in [-0.15, -0.1) is 0 Å². The van der Waals surface area contributed by atoms with Crippen LogP contribution < -0.4 is 4.90 Å². The van der Waals surface area contributed by atoms with Gasteiger partial charge in [-0.1, -0.05) is 26.0 Å². The fraction of sp³-hybridized carbons (Fsp3) is 0.474. The van der Waals surface area contributed by atoms with Crippen molar-refractivity contribution in [3.8, 4) is 6.07 Å². The normalized spacial score (nSPS) is 21.6. The van der Waals surface area contributed by atoms with Crippen LogP contribution in [-0.4, -0.2) is 36.1 Å². The number of nitrogens with zero attached hydrogens (tertiary/aromatic N) is 4. The second-order valence-corrected chi connectivity index (χ2v) is 6.86. The number of carbonyl (C=O) groups excluding carboxylic acids is 1. The van der Waals surface area contributed by atoms with E-state index in [1.165, 1.54) is 7.11 Å². The van der Waals surface area contributed by atoms with Crippen LogP contribution in [0.4, 0.5) is 5.82 Å². The number of nitriles is 1. The van der Waals surface area contributed by atoms with E-state index >= 15 is 0 Å². The molecular formula is C19H22N4O2. The second-order valence-electron chi connectivity index (χ2n) is 6.86. The van der Waals surface area contributed by atoms with Gasteiger partial charge >= 0.3 is 5.97 Å². The molecule has 1 aliphatic rings. The Morgan fingerprint density at radius 2 is 1.84 bits per heavy atom. The molecule has 25 heavy (non-hydrogen) atoms. The van der Waals surface area contributed by atoms with Crippen LogP contribution >= 0.6 is 0 Å². The van der Waals surface area contributed by atoms with Gasteiger partial charge in [-0.2, -0.15) is 5.26 Å². The molecule has 0 radical (unpaired) electrons. The zero-order chi connectivity index (χ0) is 18.0. The number of piperidine rings is 1. The molecule has 3 rings (SSSR count). The molecule has 0 amide bonds. The van der Waals surface area contributed by atoms with Crippen molar-refractivity contribution < 1.29 is 9.53 Å². The van der Waals surface area contributed by atoms with Gasteiger partial charge in [-0.3, -0.25) is 4.79 Å². The van der Waals surface area contributed by atoms with Gasteiger partial charge in [0.15, 0.2) is 11.7 Å². The topological polar surface area (TPSA) is 79.1 Å². The van der Waals surface area contributed by atoms with Gasteiger partial charge in [-0.05, 0) is 30.4 Å². The predicted molar refractivity (Wildman–Crippen MR) is 95.1 cm³/mol. The van der Waals surface area contributed by atoms with Crippen molar-refractivity contribution >= 4 is 22.8 Å². The Labute approximate surface area is 147 Å². The number of anilines is 1. The van der Waals surface area contributed by atoms with Gasteiger partial charge in [0.25, 0.3) is 0 Å². The van der Waals surface area contributed by atoms with E-state index in [1.54, 1.807) is 0 Å². The van der Waals surface area contributed by atoms with Crippen LogP contribution in [0, 0.1) is 23.2 Å². The number of methoxy groups -OCH3 is 1. The standard InChI is InChI=1S/C19H22N4O2/c1-12-8-13(2)11-23(10-12)18-17(14(9-20)19(24)25-3)21-15-6-4-5-7-16(15)22-18/h4-7,12-14H,8,10-11H2,1-3H3/t12-,13+,14-/m0/s1. The van der Waals surface area contributed by atoms with Crippen molar-refractivity contribution in [2.24, 2.45) is 11.8 Å². The van der Waals surface area contributed by atoms with E-state index in [4.69, 9.17) is 9.72 Å². The van der Waals surface area contributed by atoms with Gasteiger partial charge < -0.3 is 9.64 Å². The third-order valence-corrected chi connectivity index (χ3v) is 4.59. The summed E-state index contributed by atoms with van der Waals surface area (Å²) in [6.07, 6.45) is 1.16. The second kappa shape index (κ2) is 7.06.